The number of nitrogens with two attached hydrogens (primary N) is 1. The van der Waals surface area contributed by atoms with Crippen LogP contribution in [-0.4, -0.2) is 58.5 Å². The van der Waals surface area contributed by atoms with Crippen molar-refractivity contribution in [3.05, 3.63) is 95.8 Å². The summed E-state index contributed by atoms with van der Waals surface area (Å²) in [7, 11) is 0. The number of piperazine rings is 1. The summed E-state index contributed by atoms with van der Waals surface area (Å²) in [5.74, 6) is -0.521. The lowest BCUT2D eigenvalue weighted by Gasteiger charge is -2.35. The van der Waals surface area contributed by atoms with E-state index in [0.717, 1.165) is 50.0 Å². The number of hydrogen-bond acceptors (Lipinski definition) is 7. The Labute approximate surface area is 258 Å². The molecule has 5 aromatic rings. The van der Waals surface area contributed by atoms with Gasteiger partial charge in [0.2, 0.25) is 11.9 Å². The Bertz CT molecular complexity index is 1870. The zero-order valence-corrected chi connectivity index (χ0v) is 24.9. The van der Waals surface area contributed by atoms with Gasteiger partial charge in [0.25, 0.3) is 0 Å². The number of carbonyl (C=O) groups excluding carboxylic acids is 1. The molecule has 1 amide bonds. The van der Waals surface area contributed by atoms with E-state index in [0.29, 0.717) is 28.1 Å². The van der Waals surface area contributed by atoms with Crippen LogP contribution in [0.4, 0.5) is 30.5 Å². The molecule has 1 saturated heterocycles. The summed E-state index contributed by atoms with van der Waals surface area (Å²) >= 11 is 0. The van der Waals surface area contributed by atoms with Gasteiger partial charge in [-0.1, -0.05) is 25.1 Å². The maximum atomic E-state index is 14.0. The first-order chi connectivity index (χ1) is 21.6. The second kappa shape index (κ2) is 12.2. The van der Waals surface area contributed by atoms with Gasteiger partial charge in [0.15, 0.2) is 0 Å². The van der Waals surface area contributed by atoms with E-state index in [9.17, 15) is 18.0 Å². The lowest BCUT2D eigenvalue weighted by Crippen LogP contribution is -2.46. The number of primary amides is 1. The van der Waals surface area contributed by atoms with E-state index in [4.69, 9.17) is 5.73 Å². The number of pyridine rings is 1. The van der Waals surface area contributed by atoms with Crippen LogP contribution in [0.1, 0.15) is 28.4 Å². The normalized spacial score (nSPS) is 14.1. The van der Waals surface area contributed by atoms with Crippen molar-refractivity contribution in [3.63, 3.8) is 0 Å². The molecule has 0 aliphatic carbocycles. The third kappa shape index (κ3) is 6.30. The Morgan fingerprint density at radius 2 is 1.71 bits per heavy atom. The number of halogens is 3. The molecule has 1 aliphatic rings. The van der Waals surface area contributed by atoms with E-state index in [1.807, 2.05) is 19.1 Å². The molecule has 6 rings (SSSR count). The molecule has 2 aromatic heterocycles. The van der Waals surface area contributed by atoms with Crippen LogP contribution in [0.2, 0.25) is 0 Å². The third-order valence-corrected chi connectivity index (χ3v) is 8.21. The number of hydrogen-bond donors (Lipinski definition) is 2. The van der Waals surface area contributed by atoms with Gasteiger partial charge in [0.05, 0.1) is 23.0 Å². The van der Waals surface area contributed by atoms with Crippen molar-refractivity contribution in [2.45, 2.75) is 20.0 Å². The molecule has 0 atom stereocenters. The van der Waals surface area contributed by atoms with Crippen molar-refractivity contribution in [1.82, 2.24) is 19.9 Å². The summed E-state index contributed by atoms with van der Waals surface area (Å²) in [6.45, 7) is 9.23. The minimum atomic E-state index is -4.68. The molecule has 230 valence electrons. The van der Waals surface area contributed by atoms with Crippen molar-refractivity contribution in [2.24, 2.45) is 5.73 Å². The molecule has 0 radical (unpaired) electrons. The Morgan fingerprint density at radius 3 is 2.40 bits per heavy atom. The highest BCUT2D eigenvalue weighted by Gasteiger charge is 2.35. The van der Waals surface area contributed by atoms with E-state index < -0.39 is 17.6 Å². The molecule has 0 unspecified atom stereocenters. The van der Waals surface area contributed by atoms with Gasteiger partial charge in [-0.3, -0.25) is 9.78 Å². The molecule has 3 aromatic carbocycles. The number of aromatic nitrogens is 3. The highest BCUT2D eigenvalue weighted by molar-refractivity contribution is 6.01. The molecule has 8 nitrogen and oxygen atoms in total. The van der Waals surface area contributed by atoms with E-state index >= 15 is 0 Å². The number of anilines is 3. The van der Waals surface area contributed by atoms with Crippen LogP contribution in [-0.2, 0) is 6.18 Å². The standard InChI is InChI=1S/C34H32F3N7O/c1-3-43-13-15-44(16-14-43)25-11-9-24(10-12-25)41-33-40-19-23-18-29(39-20-30(23)42-33)27-17-22(8-7-21(27)2)31-26(32(38)45)5-4-6-28(31)34(35,36)37/h4-12,17-20H,3,13-16H2,1-2H3,(H2,38,45)(H,40,41,42). The van der Waals surface area contributed by atoms with Crippen LogP contribution in [0, 0.1) is 6.92 Å². The molecule has 45 heavy (non-hydrogen) atoms. The number of nitrogens with zero attached hydrogens (tertiary/aromatic N) is 5. The summed E-state index contributed by atoms with van der Waals surface area (Å²) in [6, 6.07) is 18.3. The van der Waals surface area contributed by atoms with E-state index in [1.165, 1.54) is 17.8 Å². The quantitative estimate of drug-likeness (QED) is 0.212. The highest BCUT2D eigenvalue weighted by Crippen LogP contribution is 2.40. The fraction of sp³-hybridized carbons (Fsp3) is 0.235. The molecule has 1 fully saturated rings. The summed E-state index contributed by atoms with van der Waals surface area (Å²) in [6.07, 6.45) is -1.38. The van der Waals surface area contributed by atoms with Crippen molar-refractivity contribution >= 4 is 34.1 Å². The van der Waals surface area contributed by atoms with Crippen LogP contribution >= 0.6 is 0 Å². The van der Waals surface area contributed by atoms with Crippen molar-refractivity contribution < 1.29 is 18.0 Å². The Morgan fingerprint density at radius 1 is 0.956 bits per heavy atom. The highest BCUT2D eigenvalue weighted by atomic mass is 19.4. The van der Waals surface area contributed by atoms with Gasteiger partial charge in [0.1, 0.15) is 0 Å². The van der Waals surface area contributed by atoms with Crippen LogP contribution in [0.3, 0.4) is 0 Å². The fourth-order valence-electron chi connectivity index (χ4n) is 5.71. The van der Waals surface area contributed by atoms with Gasteiger partial charge < -0.3 is 20.9 Å². The van der Waals surface area contributed by atoms with Gasteiger partial charge in [-0.15, -0.1) is 0 Å². The van der Waals surface area contributed by atoms with Crippen LogP contribution in [0.25, 0.3) is 33.3 Å². The van der Waals surface area contributed by atoms with Gasteiger partial charge in [-0.2, -0.15) is 13.2 Å². The Kier molecular flexibility index (Phi) is 8.11. The number of rotatable bonds is 7. The SMILES string of the molecule is CCN1CCN(c2ccc(Nc3ncc4cc(-c5cc(-c6c(C(N)=O)cccc6C(F)(F)F)ccc5C)ncc4n3)cc2)CC1. The number of benzene rings is 3. The zero-order valence-electron chi connectivity index (χ0n) is 24.9. The molecular formula is C34H32F3N7O. The van der Waals surface area contributed by atoms with Crippen LogP contribution in [0.15, 0.2) is 79.1 Å². The minimum Gasteiger partial charge on any atom is -0.369 e. The van der Waals surface area contributed by atoms with E-state index in [1.54, 1.807) is 36.7 Å². The zero-order chi connectivity index (χ0) is 31.7. The maximum Gasteiger partial charge on any atom is 0.417 e. The minimum absolute atomic E-state index is 0.205. The second-order valence-electron chi connectivity index (χ2n) is 11.0. The number of fused-ring (bicyclic) bond motifs is 1. The number of likely N-dealkylation sites (N-methyl/N-ethyl adjacent to an activating group) is 1. The molecule has 1 aliphatic heterocycles. The Balaban J connectivity index is 1.25. The number of amides is 1. The summed E-state index contributed by atoms with van der Waals surface area (Å²) in [5.41, 5.74) is 8.87. The predicted molar refractivity (Wildman–Crippen MR) is 171 cm³/mol. The molecule has 0 bridgehead atoms. The van der Waals surface area contributed by atoms with Crippen LogP contribution in [0.5, 0.6) is 0 Å². The lowest BCUT2D eigenvalue weighted by molar-refractivity contribution is -0.137. The number of alkyl halides is 3. The van der Waals surface area contributed by atoms with Gasteiger partial charge >= 0.3 is 6.18 Å². The predicted octanol–water partition coefficient (Wildman–Crippen LogP) is 6.67. The largest absolute Gasteiger partial charge is 0.417 e. The lowest BCUT2D eigenvalue weighted by atomic mass is 9.90. The molecule has 3 heterocycles. The smallest absolute Gasteiger partial charge is 0.369 e. The first-order valence-electron chi connectivity index (χ1n) is 14.7. The number of carbonyl (C=O) groups is 1. The second-order valence-corrected chi connectivity index (χ2v) is 11.0. The topological polar surface area (TPSA) is 100 Å². The third-order valence-electron chi connectivity index (χ3n) is 8.21. The molecule has 11 heteroatoms. The van der Waals surface area contributed by atoms with E-state index in [2.05, 4.69) is 49.1 Å². The summed E-state index contributed by atoms with van der Waals surface area (Å²) in [4.78, 5) is 30.6. The van der Waals surface area contributed by atoms with Crippen molar-refractivity contribution in [3.8, 4) is 22.4 Å². The molecule has 0 spiro atoms. The van der Waals surface area contributed by atoms with Gasteiger partial charge in [-0.25, -0.2) is 9.97 Å². The first kappa shape index (κ1) is 30.0. The summed E-state index contributed by atoms with van der Waals surface area (Å²) < 4.78 is 41.9. The van der Waals surface area contributed by atoms with Gasteiger partial charge in [-0.05, 0) is 73.1 Å². The van der Waals surface area contributed by atoms with Crippen molar-refractivity contribution in [1.29, 1.82) is 0 Å². The van der Waals surface area contributed by atoms with E-state index in [-0.39, 0.29) is 16.7 Å². The number of aryl methyl sites for hydroxylation is 1. The van der Waals surface area contributed by atoms with Crippen molar-refractivity contribution in [2.75, 3.05) is 42.9 Å². The maximum absolute atomic E-state index is 14.0. The Hall–Kier alpha value is -5.03. The molecule has 3 N–H and O–H groups in total. The van der Waals surface area contributed by atoms with Gasteiger partial charge in [0, 0.05) is 65.8 Å². The van der Waals surface area contributed by atoms with Crippen LogP contribution < -0.4 is 16.0 Å². The average Bonchev–Trinajstić information content (AvgIpc) is 3.04. The fourth-order valence-corrected chi connectivity index (χ4v) is 5.71. The molecular weight excluding hydrogens is 579 g/mol. The monoisotopic (exact) mass is 611 g/mol. The first-order valence-corrected chi connectivity index (χ1v) is 14.7. The average molecular weight is 612 g/mol. The number of nitrogens with one attached hydrogen (secondary N) is 1. The molecule has 0 saturated carbocycles. The summed E-state index contributed by atoms with van der Waals surface area (Å²) in [5, 5.41) is 3.96.